The van der Waals surface area contributed by atoms with Gasteiger partial charge in [0, 0.05) is 12.7 Å². The maximum absolute atomic E-state index is 12.5. The van der Waals surface area contributed by atoms with Crippen molar-refractivity contribution in [1.29, 1.82) is 0 Å². The number of pyridine rings is 1. The molecule has 1 aliphatic heterocycles. The second-order valence-electron chi connectivity index (χ2n) is 5.12. The number of hydrogen-bond acceptors (Lipinski definition) is 3. The van der Waals surface area contributed by atoms with Gasteiger partial charge < -0.3 is 10.0 Å². The number of benzene rings is 1. The number of fused-ring (bicyclic) bond motifs is 1. The van der Waals surface area contributed by atoms with E-state index in [4.69, 9.17) is 11.6 Å². The van der Waals surface area contributed by atoms with E-state index in [0.717, 1.165) is 29.7 Å². The fourth-order valence-corrected chi connectivity index (χ4v) is 2.81. The summed E-state index contributed by atoms with van der Waals surface area (Å²) in [6.45, 7) is 0.712. The van der Waals surface area contributed by atoms with Crippen molar-refractivity contribution in [1.82, 2.24) is 4.98 Å². The van der Waals surface area contributed by atoms with Gasteiger partial charge in [0.25, 0.3) is 0 Å². The summed E-state index contributed by atoms with van der Waals surface area (Å²) in [5.41, 5.74) is 2.85. The zero-order chi connectivity index (χ0) is 14.8. The Morgan fingerprint density at radius 3 is 3.05 bits per heavy atom. The number of aryl methyl sites for hydroxylation is 1. The molecule has 21 heavy (non-hydrogen) atoms. The Labute approximate surface area is 128 Å². The predicted octanol–water partition coefficient (Wildman–Crippen LogP) is 2.96. The first kappa shape index (κ1) is 13.9. The maximum Gasteiger partial charge on any atom is 0.231 e. The quantitative estimate of drug-likeness (QED) is 0.928. The van der Waals surface area contributed by atoms with Crippen molar-refractivity contribution >= 4 is 23.2 Å². The van der Waals surface area contributed by atoms with E-state index >= 15 is 0 Å². The van der Waals surface area contributed by atoms with E-state index in [1.807, 2.05) is 6.07 Å². The number of aromatic nitrogens is 1. The first-order valence-corrected chi connectivity index (χ1v) is 7.23. The zero-order valence-electron chi connectivity index (χ0n) is 11.4. The van der Waals surface area contributed by atoms with Crippen LogP contribution in [-0.2, 0) is 17.6 Å². The smallest absolute Gasteiger partial charge is 0.231 e. The van der Waals surface area contributed by atoms with Gasteiger partial charge in [-0.2, -0.15) is 0 Å². The molecule has 4 nitrogen and oxygen atoms in total. The molecule has 3 rings (SSSR count). The number of carbonyl (C=O) groups is 1. The maximum atomic E-state index is 12.5. The number of anilines is 1. The molecule has 1 N–H and O–H groups in total. The summed E-state index contributed by atoms with van der Waals surface area (Å²) < 4.78 is 0. The normalized spacial score (nSPS) is 13.9. The molecule has 2 heterocycles. The standard InChI is InChI=1S/C16H15ClN2O2/c17-13-8-11(3-4-15(13)20)9-16(21)19-7-1-2-12-5-6-18-10-14(12)19/h3-6,8,10,20H,1-2,7,9H2. The molecule has 1 aliphatic rings. The first-order chi connectivity index (χ1) is 10.1. The molecular formula is C16H15ClN2O2. The topological polar surface area (TPSA) is 53.4 Å². The van der Waals surface area contributed by atoms with Crippen molar-refractivity contribution in [2.75, 3.05) is 11.4 Å². The number of rotatable bonds is 2. The van der Waals surface area contributed by atoms with Crippen LogP contribution < -0.4 is 4.90 Å². The molecular weight excluding hydrogens is 288 g/mol. The van der Waals surface area contributed by atoms with Gasteiger partial charge in [-0.25, -0.2) is 0 Å². The third-order valence-corrected chi connectivity index (χ3v) is 3.98. The van der Waals surface area contributed by atoms with Crippen LogP contribution >= 0.6 is 11.6 Å². The van der Waals surface area contributed by atoms with Gasteiger partial charge in [-0.1, -0.05) is 17.7 Å². The van der Waals surface area contributed by atoms with E-state index in [9.17, 15) is 9.90 Å². The molecule has 108 valence electrons. The summed E-state index contributed by atoms with van der Waals surface area (Å²) in [6.07, 6.45) is 5.70. The molecule has 1 aromatic carbocycles. The average Bonchev–Trinajstić information content (AvgIpc) is 2.50. The van der Waals surface area contributed by atoms with E-state index in [1.165, 1.54) is 6.07 Å². The van der Waals surface area contributed by atoms with Gasteiger partial charge in [-0.3, -0.25) is 9.78 Å². The van der Waals surface area contributed by atoms with E-state index < -0.39 is 0 Å². The number of carbonyl (C=O) groups excluding carboxylic acids is 1. The number of nitrogens with zero attached hydrogens (tertiary/aromatic N) is 2. The minimum atomic E-state index is 0.0192. The summed E-state index contributed by atoms with van der Waals surface area (Å²) in [5.74, 6) is 0.0473. The Hall–Kier alpha value is -2.07. The van der Waals surface area contributed by atoms with Crippen molar-refractivity contribution in [2.24, 2.45) is 0 Å². The molecule has 5 heteroatoms. The van der Waals surface area contributed by atoms with Crippen LogP contribution in [0.5, 0.6) is 5.75 Å². The number of halogens is 1. The van der Waals surface area contributed by atoms with E-state index in [2.05, 4.69) is 4.98 Å². The second-order valence-corrected chi connectivity index (χ2v) is 5.52. The molecule has 0 fully saturated rings. The van der Waals surface area contributed by atoms with Gasteiger partial charge in [0.05, 0.1) is 23.3 Å². The Balaban J connectivity index is 1.81. The monoisotopic (exact) mass is 302 g/mol. The van der Waals surface area contributed by atoms with Crippen LogP contribution in [0.3, 0.4) is 0 Å². The lowest BCUT2D eigenvalue weighted by atomic mass is 10.0. The highest BCUT2D eigenvalue weighted by Crippen LogP contribution is 2.28. The van der Waals surface area contributed by atoms with Gasteiger partial charge in [0.2, 0.25) is 5.91 Å². The van der Waals surface area contributed by atoms with Crippen molar-refractivity contribution < 1.29 is 9.90 Å². The molecule has 2 aromatic rings. The third-order valence-electron chi connectivity index (χ3n) is 3.67. The Morgan fingerprint density at radius 1 is 1.38 bits per heavy atom. The largest absolute Gasteiger partial charge is 0.506 e. The molecule has 0 aliphatic carbocycles. The lowest BCUT2D eigenvalue weighted by Crippen LogP contribution is -2.36. The van der Waals surface area contributed by atoms with E-state index in [1.54, 1.807) is 29.4 Å². The number of hydrogen-bond donors (Lipinski definition) is 1. The Kier molecular flexibility index (Phi) is 3.80. The minimum Gasteiger partial charge on any atom is -0.506 e. The molecule has 0 spiro atoms. The molecule has 1 aromatic heterocycles. The van der Waals surface area contributed by atoms with Crippen LogP contribution in [0.25, 0.3) is 0 Å². The lowest BCUT2D eigenvalue weighted by molar-refractivity contribution is -0.118. The van der Waals surface area contributed by atoms with E-state index in [-0.39, 0.29) is 23.1 Å². The third kappa shape index (κ3) is 2.85. The fraction of sp³-hybridized carbons (Fsp3) is 0.250. The van der Waals surface area contributed by atoms with Crippen LogP contribution in [0.1, 0.15) is 17.5 Å². The molecule has 0 radical (unpaired) electrons. The lowest BCUT2D eigenvalue weighted by Gasteiger charge is -2.29. The highest BCUT2D eigenvalue weighted by molar-refractivity contribution is 6.32. The second kappa shape index (κ2) is 5.74. The highest BCUT2D eigenvalue weighted by atomic mass is 35.5. The molecule has 0 bridgehead atoms. The van der Waals surface area contributed by atoms with Gasteiger partial charge in [-0.05, 0) is 42.2 Å². The number of phenolic OH excluding ortho intramolecular Hbond substituents is 1. The van der Waals surface area contributed by atoms with Crippen LogP contribution in [0.2, 0.25) is 5.02 Å². The summed E-state index contributed by atoms with van der Waals surface area (Å²) in [4.78, 5) is 18.4. The summed E-state index contributed by atoms with van der Waals surface area (Å²) >= 11 is 5.88. The summed E-state index contributed by atoms with van der Waals surface area (Å²) in [5, 5.41) is 9.69. The number of amides is 1. The molecule has 0 saturated heterocycles. The van der Waals surface area contributed by atoms with Gasteiger partial charge in [0.15, 0.2) is 0 Å². The SMILES string of the molecule is O=C(Cc1ccc(O)c(Cl)c1)N1CCCc2ccncc21. The average molecular weight is 303 g/mol. The Morgan fingerprint density at radius 2 is 2.24 bits per heavy atom. The highest BCUT2D eigenvalue weighted by Gasteiger charge is 2.22. The van der Waals surface area contributed by atoms with Gasteiger partial charge in [0.1, 0.15) is 5.75 Å². The van der Waals surface area contributed by atoms with Gasteiger partial charge in [-0.15, -0.1) is 0 Å². The van der Waals surface area contributed by atoms with Crippen LogP contribution in [0.4, 0.5) is 5.69 Å². The van der Waals surface area contributed by atoms with E-state index in [0.29, 0.717) is 6.54 Å². The number of phenols is 1. The molecule has 0 unspecified atom stereocenters. The fourth-order valence-electron chi connectivity index (χ4n) is 2.61. The summed E-state index contributed by atoms with van der Waals surface area (Å²) in [7, 11) is 0. The number of aromatic hydroxyl groups is 1. The summed E-state index contributed by atoms with van der Waals surface area (Å²) in [6, 6.07) is 6.82. The molecule has 1 amide bonds. The van der Waals surface area contributed by atoms with Crippen molar-refractivity contribution in [3.63, 3.8) is 0 Å². The van der Waals surface area contributed by atoms with Crippen LogP contribution in [0.15, 0.2) is 36.7 Å². The molecule has 0 atom stereocenters. The van der Waals surface area contributed by atoms with Crippen LogP contribution in [0, 0.1) is 0 Å². The van der Waals surface area contributed by atoms with Crippen LogP contribution in [-0.4, -0.2) is 22.5 Å². The van der Waals surface area contributed by atoms with Crippen molar-refractivity contribution in [3.05, 3.63) is 52.8 Å². The van der Waals surface area contributed by atoms with Crippen molar-refractivity contribution in [2.45, 2.75) is 19.3 Å². The van der Waals surface area contributed by atoms with Gasteiger partial charge >= 0.3 is 0 Å². The predicted molar refractivity (Wildman–Crippen MR) is 81.7 cm³/mol. The first-order valence-electron chi connectivity index (χ1n) is 6.86. The minimum absolute atomic E-state index is 0.0192. The molecule has 0 saturated carbocycles. The Bertz CT molecular complexity index is 688. The van der Waals surface area contributed by atoms with Crippen molar-refractivity contribution in [3.8, 4) is 5.75 Å². The zero-order valence-corrected chi connectivity index (χ0v) is 12.2.